The second kappa shape index (κ2) is 6.53. The minimum Gasteiger partial charge on any atom is -0.497 e. The molecule has 2 rings (SSSR count). The third kappa shape index (κ3) is 3.79. The number of rotatable bonds is 4. The molecule has 0 bridgehead atoms. The van der Waals surface area contributed by atoms with Crippen LogP contribution in [-0.4, -0.2) is 57.0 Å². The molecule has 1 aromatic rings. The van der Waals surface area contributed by atoms with Crippen LogP contribution in [0.5, 0.6) is 5.75 Å². The fourth-order valence-electron chi connectivity index (χ4n) is 2.59. The van der Waals surface area contributed by atoms with Crippen LogP contribution in [0.25, 0.3) is 0 Å². The van der Waals surface area contributed by atoms with E-state index in [1.165, 1.54) is 4.90 Å². The van der Waals surface area contributed by atoms with Gasteiger partial charge in [0.25, 0.3) is 0 Å². The smallest absolute Gasteiger partial charge is 0.405 e. The summed E-state index contributed by atoms with van der Waals surface area (Å²) in [6.45, 7) is 1.37. The van der Waals surface area contributed by atoms with Crippen molar-refractivity contribution in [3.8, 4) is 5.75 Å². The molecule has 1 saturated heterocycles. The quantitative estimate of drug-likeness (QED) is 0.919. The maximum absolute atomic E-state index is 12.9. The first-order valence-electron chi connectivity index (χ1n) is 6.85. The van der Waals surface area contributed by atoms with Gasteiger partial charge in [-0.3, -0.25) is 4.90 Å². The zero-order valence-corrected chi connectivity index (χ0v) is 11.9. The zero-order valence-electron chi connectivity index (χ0n) is 11.9. The highest BCUT2D eigenvalue weighted by Gasteiger charge is 2.43. The Morgan fingerprint density at radius 3 is 2.43 bits per heavy atom. The summed E-state index contributed by atoms with van der Waals surface area (Å²) in [6.07, 6.45) is -4.27. The highest BCUT2D eigenvalue weighted by atomic mass is 19.4. The number of nitrogens with zero attached hydrogens (tertiary/aromatic N) is 2. The number of hydrogen-bond donors (Lipinski definition) is 1. The number of benzene rings is 1. The molecular formula is C14H20F3N3O. The van der Waals surface area contributed by atoms with E-state index in [-0.39, 0.29) is 0 Å². The summed E-state index contributed by atoms with van der Waals surface area (Å²) >= 11 is 0. The number of ether oxygens (including phenoxy) is 1. The first-order valence-corrected chi connectivity index (χ1v) is 6.85. The minimum absolute atomic E-state index is 0.346. The molecule has 7 heteroatoms. The van der Waals surface area contributed by atoms with Crippen LogP contribution >= 0.6 is 0 Å². The van der Waals surface area contributed by atoms with Gasteiger partial charge in [-0.05, 0) is 12.1 Å². The van der Waals surface area contributed by atoms with E-state index in [9.17, 15) is 13.2 Å². The van der Waals surface area contributed by atoms with Crippen LogP contribution in [0.2, 0.25) is 0 Å². The molecule has 1 fully saturated rings. The van der Waals surface area contributed by atoms with Crippen molar-refractivity contribution in [2.45, 2.75) is 12.2 Å². The van der Waals surface area contributed by atoms with Crippen molar-refractivity contribution in [3.05, 3.63) is 24.3 Å². The molecule has 118 valence electrons. The molecule has 0 radical (unpaired) electrons. The molecule has 1 heterocycles. The summed E-state index contributed by atoms with van der Waals surface area (Å²) < 4.78 is 43.8. The molecule has 0 amide bonds. The molecule has 1 unspecified atom stereocenters. The normalized spacial score (nSPS) is 18.6. The van der Waals surface area contributed by atoms with E-state index < -0.39 is 18.8 Å². The minimum atomic E-state index is -4.27. The molecular weight excluding hydrogens is 283 g/mol. The molecule has 1 aliphatic heterocycles. The number of hydrogen-bond acceptors (Lipinski definition) is 4. The molecule has 0 saturated carbocycles. The molecule has 1 atom stereocenters. The number of nitrogens with two attached hydrogens (primary N) is 1. The average Bonchev–Trinajstić information content (AvgIpc) is 2.47. The van der Waals surface area contributed by atoms with Crippen LogP contribution in [0.3, 0.4) is 0 Å². The molecule has 2 N–H and O–H groups in total. The van der Waals surface area contributed by atoms with Gasteiger partial charge in [-0.15, -0.1) is 0 Å². The molecule has 0 aliphatic carbocycles. The standard InChI is InChI=1S/C14H20F3N3O/c1-21-12-4-2-3-11(9-12)19-5-7-20(8-6-19)13(10-18)14(15,16)17/h2-4,9,13H,5-8,10,18H2,1H3. The van der Waals surface area contributed by atoms with Crippen LogP contribution in [0, 0.1) is 0 Å². The second-order valence-corrected chi connectivity index (χ2v) is 5.02. The van der Waals surface area contributed by atoms with Crippen molar-refractivity contribution in [1.82, 2.24) is 4.90 Å². The van der Waals surface area contributed by atoms with Gasteiger partial charge in [0.05, 0.1) is 7.11 Å². The number of halogens is 3. The van der Waals surface area contributed by atoms with Crippen molar-refractivity contribution in [1.29, 1.82) is 0 Å². The summed E-state index contributed by atoms with van der Waals surface area (Å²) in [7, 11) is 1.59. The van der Waals surface area contributed by atoms with Gasteiger partial charge in [0, 0.05) is 44.5 Å². The summed E-state index contributed by atoms with van der Waals surface area (Å²) in [5.41, 5.74) is 6.24. The average molecular weight is 303 g/mol. The fourth-order valence-corrected chi connectivity index (χ4v) is 2.59. The Hall–Kier alpha value is -1.47. The van der Waals surface area contributed by atoms with Crippen LogP contribution in [0.4, 0.5) is 18.9 Å². The van der Waals surface area contributed by atoms with Crippen molar-refractivity contribution >= 4 is 5.69 Å². The Bertz CT molecular complexity index is 459. The van der Waals surface area contributed by atoms with Gasteiger partial charge in [-0.1, -0.05) is 6.07 Å². The maximum atomic E-state index is 12.9. The summed E-state index contributed by atoms with van der Waals surface area (Å²) in [4.78, 5) is 3.47. The Morgan fingerprint density at radius 1 is 1.24 bits per heavy atom. The third-order valence-corrected chi connectivity index (χ3v) is 3.77. The lowest BCUT2D eigenvalue weighted by molar-refractivity contribution is -0.181. The van der Waals surface area contributed by atoms with Crippen molar-refractivity contribution in [2.24, 2.45) is 5.73 Å². The lowest BCUT2D eigenvalue weighted by Crippen LogP contribution is -2.57. The molecule has 0 spiro atoms. The molecule has 0 aromatic heterocycles. The first-order chi connectivity index (χ1) is 9.95. The number of piperazine rings is 1. The van der Waals surface area contributed by atoms with Crippen molar-refractivity contribution < 1.29 is 17.9 Å². The first kappa shape index (κ1) is 15.9. The van der Waals surface area contributed by atoms with E-state index in [1.807, 2.05) is 24.3 Å². The fraction of sp³-hybridized carbons (Fsp3) is 0.571. The van der Waals surface area contributed by atoms with Crippen LogP contribution in [0.1, 0.15) is 0 Å². The van der Waals surface area contributed by atoms with E-state index >= 15 is 0 Å². The third-order valence-electron chi connectivity index (χ3n) is 3.77. The monoisotopic (exact) mass is 303 g/mol. The van der Waals surface area contributed by atoms with Crippen LogP contribution in [0.15, 0.2) is 24.3 Å². The topological polar surface area (TPSA) is 41.7 Å². The van der Waals surface area contributed by atoms with Crippen LogP contribution in [-0.2, 0) is 0 Å². The largest absolute Gasteiger partial charge is 0.497 e. The lowest BCUT2D eigenvalue weighted by atomic mass is 10.2. The van der Waals surface area contributed by atoms with E-state index in [0.29, 0.717) is 26.2 Å². The van der Waals surface area contributed by atoms with Crippen molar-refractivity contribution in [3.63, 3.8) is 0 Å². The lowest BCUT2D eigenvalue weighted by Gasteiger charge is -2.40. The molecule has 4 nitrogen and oxygen atoms in total. The number of anilines is 1. The van der Waals surface area contributed by atoms with Gasteiger partial charge in [-0.25, -0.2) is 0 Å². The van der Waals surface area contributed by atoms with Gasteiger partial charge in [0.1, 0.15) is 11.8 Å². The second-order valence-electron chi connectivity index (χ2n) is 5.02. The van der Waals surface area contributed by atoms with E-state index in [4.69, 9.17) is 10.5 Å². The Labute approximate surface area is 122 Å². The summed E-state index contributed by atoms with van der Waals surface area (Å²) in [5, 5.41) is 0. The molecule has 21 heavy (non-hydrogen) atoms. The van der Waals surface area contributed by atoms with E-state index in [2.05, 4.69) is 4.90 Å². The Kier molecular flexibility index (Phi) is 4.95. The maximum Gasteiger partial charge on any atom is 0.405 e. The van der Waals surface area contributed by atoms with Gasteiger partial charge < -0.3 is 15.4 Å². The van der Waals surface area contributed by atoms with Crippen LogP contribution < -0.4 is 15.4 Å². The highest BCUT2D eigenvalue weighted by Crippen LogP contribution is 2.27. The predicted molar refractivity (Wildman–Crippen MR) is 75.7 cm³/mol. The van der Waals surface area contributed by atoms with Gasteiger partial charge in [-0.2, -0.15) is 13.2 Å². The number of methoxy groups -OCH3 is 1. The SMILES string of the molecule is COc1cccc(N2CCN(C(CN)C(F)(F)F)CC2)c1. The molecule has 1 aromatic carbocycles. The number of alkyl halides is 3. The Morgan fingerprint density at radius 2 is 1.90 bits per heavy atom. The van der Waals surface area contributed by atoms with Crippen molar-refractivity contribution in [2.75, 3.05) is 44.7 Å². The van der Waals surface area contributed by atoms with Gasteiger partial charge in [0.2, 0.25) is 0 Å². The zero-order chi connectivity index (χ0) is 15.5. The summed E-state index contributed by atoms with van der Waals surface area (Å²) in [5.74, 6) is 0.741. The predicted octanol–water partition coefficient (Wildman–Crippen LogP) is 1.71. The summed E-state index contributed by atoms with van der Waals surface area (Å²) in [6, 6.07) is 5.99. The van der Waals surface area contributed by atoms with E-state index in [1.54, 1.807) is 7.11 Å². The van der Waals surface area contributed by atoms with Gasteiger partial charge in [0.15, 0.2) is 0 Å². The van der Waals surface area contributed by atoms with Gasteiger partial charge >= 0.3 is 6.18 Å². The Balaban J connectivity index is 1.99. The van der Waals surface area contributed by atoms with E-state index in [0.717, 1.165) is 11.4 Å². The molecule has 1 aliphatic rings. The highest BCUT2D eigenvalue weighted by molar-refractivity contribution is 5.51.